The molecule has 0 aliphatic carbocycles. The number of amides is 2. The smallest absolute Gasteiger partial charge is 0.416 e. The molecule has 2 fully saturated rings. The molecule has 1 aromatic rings. The lowest BCUT2D eigenvalue weighted by Gasteiger charge is -2.32. The molecule has 3 atom stereocenters. The first-order valence-corrected chi connectivity index (χ1v) is 8.01. The second kappa shape index (κ2) is 7.24. The van der Waals surface area contributed by atoms with Crippen molar-refractivity contribution in [1.82, 2.24) is 5.32 Å². The quantitative estimate of drug-likeness (QED) is 0.771. The Balaban J connectivity index is 1.72. The Kier molecular flexibility index (Phi) is 5.05. The van der Waals surface area contributed by atoms with Gasteiger partial charge in [0.05, 0.1) is 19.8 Å². The van der Waals surface area contributed by atoms with Crippen LogP contribution in [-0.2, 0) is 14.3 Å². The highest BCUT2D eigenvalue weighted by Gasteiger charge is 2.34. The summed E-state index contributed by atoms with van der Waals surface area (Å²) in [7, 11) is 0. The average Bonchev–Trinajstić information content (AvgIpc) is 2.95. The van der Waals surface area contributed by atoms with E-state index in [0.717, 1.165) is 0 Å². The standard InChI is InChI=1S/C16H20FN3O5/c1-10(21)15(22)18-14-8-20(16(23)25-14)12-4-2-3-11(7-12)19-5-6-24-9-13(19)17/h2-4,7,10,13-14,21H,5-6,8-9H2,1H3,(H,18,22)/t10-,13?,14?/m0/s1. The molecule has 0 spiro atoms. The van der Waals surface area contributed by atoms with Gasteiger partial charge in [-0.25, -0.2) is 9.18 Å². The maximum atomic E-state index is 14.0. The lowest BCUT2D eigenvalue weighted by molar-refractivity contribution is -0.130. The molecular formula is C16H20FN3O5. The zero-order valence-electron chi connectivity index (χ0n) is 13.7. The van der Waals surface area contributed by atoms with Crippen molar-refractivity contribution >= 4 is 23.4 Å². The van der Waals surface area contributed by atoms with Crippen LogP contribution in [0.15, 0.2) is 24.3 Å². The van der Waals surface area contributed by atoms with Crippen LogP contribution in [0, 0.1) is 0 Å². The van der Waals surface area contributed by atoms with E-state index in [2.05, 4.69) is 5.32 Å². The summed E-state index contributed by atoms with van der Waals surface area (Å²) < 4.78 is 24.2. The molecule has 2 N–H and O–H groups in total. The summed E-state index contributed by atoms with van der Waals surface area (Å²) in [4.78, 5) is 26.5. The van der Waals surface area contributed by atoms with E-state index in [1.807, 2.05) is 0 Å². The Morgan fingerprint density at radius 2 is 2.20 bits per heavy atom. The van der Waals surface area contributed by atoms with Crippen LogP contribution in [0.1, 0.15) is 6.92 Å². The number of hydrogen-bond donors (Lipinski definition) is 2. The van der Waals surface area contributed by atoms with Gasteiger partial charge in [0.25, 0.3) is 5.91 Å². The van der Waals surface area contributed by atoms with Crippen LogP contribution in [0.25, 0.3) is 0 Å². The first-order valence-electron chi connectivity index (χ1n) is 8.01. The van der Waals surface area contributed by atoms with Gasteiger partial charge in [0.15, 0.2) is 12.5 Å². The summed E-state index contributed by atoms with van der Waals surface area (Å²) in [5.74, 6) is -0.623. The van der Waals surface area contributed by atoms with Gasteiger partial charge in [-0.3, -0.25) is 9.69 Å². The minimum absolute atomic E-state index is 0.00341. The zero-order valence-corrected chi connectivity index (χ0v) is 13.7. The predicted molar refractivity (Wildman–Crippen MR) is 86.9 cm³/mol. The summed E-state index contributed by atoms with van der Waals surface area (Å²) in [6.45, 7) is 2.28. The highest BCUT2D eigenvalue weighted by molar-refractivity contribution is 5.91. The van der Waals surface area contributed by atoms with Gasteiger partial charge in [-0.2, -0.15) is 0 Å². The summed E-state index contributed by atoms with van der Waals surface area (Å²) in [5.41, 5.74) is 1.17. The summed E-state index contributed by atoms with van der Waals surface area (Å²) in [6, 6.07) is 6.88. The van der Waals surface area contributed by atoms with Crippen molar-refractivity contribution in [3.63, 3.8) is 0 Å². The van der Waals surface area contributed by atoms with Crippen molar-refractivity contribution < 1.29 is 28.6 Å². The Hall–Kier alpha value is -2.39. The largest absolute Gasteiger partial charge is 0.423 e. The van der Waals surface area contributed by atoms with E-state index in [4.69, 9.17) is 9.47 Å². The van der Waals surface area contributed by atoms with E-state index in [9.17, 15) is 19.1 Å². The lowest BCUT2D eigenvalue weighted by Crippen LogP contribution is -2.43. The number of morpholine rings is 1. The van der Waals surface area contributed by atoms with Crippen LogP contribution in [0.4, 0.5) is 20.6 Å². The zero-order chi connectivity index (χ0) is 18.0. The number of aliphatic hydroxyl groups is 1. The van der Waals surface area contributed by atoms with Crippen molar-refractivity contribution in [3.8, 4) is 0 Å². The van der Waals surface area contributed by atoms with E-state index in [1.165, 1.54) is 11.8 Å². The van der Waals surface area contributed by atoms with Gasteiger partial charge in [0, 0.05) is 17.9 Å². The number of nitrogens with zero attached hydrogens (tertiary/aromatic N) is 2. The number of nitrogens with one attached hydrogen (secondary N) is 1. The minimum Gasteiger partial charge on any atom is -0.423 e. The Labute approximate surface area is 144 Å². The molecule has 25 heavy (non-hydrogen) atoms. The van der Waals surface area contributed by atoms with Crippen molar-refractivity contribution in [3.05, 3.63) is 24.3 Å². The van der Waals surface area contributed by atoms with Crippen LogP contribution in [-0.4, -0.2) is 62.0 Å². The van der Waals surface area contributed by atoms with Gasteiger partial charge in [0.2, 0.25) is 0 Å². The predicted octanol–water partition coefficient (Wildman–Crippen LogP) is 0.598. The Bertz CT molecular complexity index is 656. The molecule has 2 amide bonds. The number of halogens is 1. The van der Waals surface area contributed by atoms with Crippen molar-refractivity contribution in [2.75, 3.05) is 36.1 Å². The topological polar surface area (TPSA) is 91.3 Å². The van der Waals surface area contributed by atoms with Gasteiger partial charge >= 0.3 is 6.09 Å². The molecule has 8 nitrogen and oxygen atoms in total. The fraction of sp³-hybridized carbons (Fsp3) is 0.500. The summed E-state index contributed by atoms with van der Waals surface area (Å²) in [6.07, 6.45) is -3.91. The molecule has 0 aromatic heterocycles. The summed E-state index contributed by atoms with van der Waals surface area (Å²) in [5, 5.41) is 11.7. The van der Waals surface area contributed by atoms with E-state index in [0.29, 0.717) is 24.5 Å². The van der Waals surface area contributed by atoms with Crippen LogP contribution >= 0.6 is 0 Å². The molecule has 0 saturated carbocycles. The van der Waals surface area contributed by atoms with Gasteiger partial charge < -0.3 is 24.8 Å². The molecule has 2 unspecified atom stereocenters. The van der Waals surface area contributed by atoms with Crippen LogP contribution in [0.2, 0.25) is 0 Å². The number of alkyl halides is 1. The fourth-order valence-electron chi connectivity index (χ4n) is 2.73. The first-order chi connectivity index (χ1) is 12.0. The molecule has 2 aliphatic rings. The molecule has 2 aliphatic heterocycles. The number of cyclic esters (lactones) is 1. The number of rotatable bonds is 4. The molecule has 2 heterocycles. The van der Waals surface area contributed by atoms with Crippen molar-refractivity contribution in [1.29, 1.82) is 0 Å². The molecule has 1 aromatic carbocycles. The van der Waals surface area contributed by atoms with E-state index >= 15 is 0 Å². The van der Waals surface area contributed by atoms with Gasteiger partial charge in [-0.1, -0.05) is 6.07 Å². The van der Waals surface area contributed by atoms with E-state index in [-0.39, 0.29) is 13.2 Å². The monoisotopic (exact) mass is 353 g/mol. The Morgan fingerprint density at radius 1 is 1.44 bits per heavy atom. The first kappa shape index (κ1) is 17.4. The second-order valence-electron chi connectivity index (χ2n) is 5.89. The molecular weight excluding hydrogens is 333 g/mol. The van der Waals surface area contributed by atoms with Crippen LogP contribution < -0.4 is 15.1 Å². The number of carbonyl (C=O) groups is 2. The van der Waals surface area contributed by atoms with Gasteiger partial charge in [-0.05, 0) is 25.1 Å². The number of benzene rings is 1. The third kappa shape index (κ3) is 3.83. The molecule has 9 heteroatoms. The number of hydrogen-bond acceptors (Lipinski definition) is 6. The molecule has 3 rings (SSSR count). The van der Waals surface area contributed by atoms with Gasteiger partial charge in [0.1, 0.15) is 6.10 Å². The van der Waals surface area contributed by atoms with Gasteiger partial charge in [-0.15, -0.1) is 0 Å². The number of ether oxygens (including phenoxy) is 2. The SMILES string of the molecule is C[C@H](O)C(=O)NC1CN(c2cccc(N3CCOCC3F)c2)C(=O)O1. The normalized spacial score (nSPS) is 24.8. The minimum atomic E-state index is -1.24. The molecule has 2 saturated heterocycles. The number of anilines is 2. The Morgan fingerprint density at radius 3 is 2.92 bits per heavy atom. The molecule has 0 radical (unpaired) electrons. The van der Waals surface area contributed by atoms with Crippen LogP contribution in [0.3, 0.4) is 0 Å². The lowest BCUT2D eigenvalue weighted by atomic mass is 10.2. The number of carbonyl (C=O) groups excluding carboxylic acids is 2. The maximum Gasteiger partial charge on any atom is 0.416 e. The summed E-state index contributed by atoms with van der Waals surface area (Å²) >= 11 is 0. The fourth-order valence-corrected chi connectivity index (χ4v) is 2.73. The van der Waals surface area contributed by atoms with Crippen LogP contribution in [0.5, 0.6) is 0 Å². The molecule has 0 bridgehead atoms. The third-order valence-corrected chi connectivity index (χ3v) is 4.04. The van der Waals surface area contributed by atoms with E-state index < -0.39 is 30.6 Å². The second-order valence-corrected chi connectivity index (χ2v) is 5.89. The van der Waals surface area contributed by atoms with Crippen molar-refractivity contribution in [2.24, 2.45) is 0 Å². The molecule has 136 valence electrons. The average molecular weight is 353 g/mol. The highest BCUT2D eigenvalue weighted by atomic mass is 19.1. The maximum absolute atomic E-state index is 14.0. The highest BCUT2D eigenvalue weighted by Crippen LogP contribution is 2.28. The van der Waals surface area contributed by atoms with E-state index in [1.54, 1.807) is 29.2 Å². The number of aliphatic hydroxyl groups excluding tert-OH is 1. The van der Waals surface area contributed by atoms with Crippen molar-refractivity contribution in [2.45, 2.75) is 25.6 Å². The third-order valence-electron chi connectivity index (χ3n) is 4.04.